The van der Waals surface area contributed by atoms with Gasteiger partial charge in [0.05, 0.1) is 0 Å². The predicted molar refractivity (Wildman–Crippen MR) is 103 cm³/mol. The van der Waals surface area contributed by atoms with Crippen LogP contribution in [0.15, 0.2) is 34.7 Å². The molecule has 2 fully saturated rings. The highest BCUT2D eigenvalue weighted by Crippen LogP contribution is 2.27. The maximum atomic E-state index is 12.7. The van der Waals surface area contributed by atoms with Crippen LogP contribution in [0.4, 0.5) is 6.01 Å². The van der Waals surface area contributed by atoms with E-state index >= 15 is 0 Å². The summed E-state index contributed by atoms with van der Waals surface area (Å²) < 4.78 is 6.01. The molecule has 2 aliphatic rings. The van der Waals surface area contributed by atoms with Crippen molar-refractivity contribution in [2.75, 3.05) is 18.0 Å². The van der Waals surface area contributed by atoms with Gasteiger partial charge in [-0.05, 0) is 37.7 Å². The number of carbonyl (C=O) groups is 1. The van der Waals surface area contributed by atoms with Crippen molar-refractivity contribution in [1.29, 1.82) is 0 Å². The minimum Gasteiger partial charge on any atom is -0.406 e. The van der Waals surface area contributed by atoms with Crippen LogP contribution in [-0.2, 0) is 11.2 Å². The van der Waals surface area contributed by atoms with E-state index in [1.807, 2.05) is 18.2 Å². The summed E-state index contributed by atoms with van der Waals surface area (Å²) in [6, 6.07) is 10.4. The number of hydrogen-bond donors (Lipinski definition) is 1. The van der Waals surface area contributed by atoms with Crippen molar-refractivity contribution in [2.45, 2.75) is 57.4 Å². The van der Waals surface area contributed by atoms with Crippen LogP contribution in [0, 0.1) is 5.92 Å². The second-order valence-electron chi connectivity index (χ2n) is 7.70. The van der Waals surface area contributed by atoms with Gasteiger partial charge in [-0.2, -0.15) is 0 Å². The molecule has 1 aromatic heterocycles. The SMILES string of the molecule is O=C(N[C@H](Cc1ccccc1)c1nnc(N2CCCCC2)o1)C1CCCC1. The van der Waals surface area contributed by atoms with Crippen LogP contribution >= 0.6 is 0 Å². The van der Waals surface area contributed by atoms with E-state index in [-0.39, 0.29) is 17.9 Å². The quantitative estimate of drug-likeness (QED) is 0.843. The summed E-state index contributed by atoms with van der Waals surface area (Å²) in [5.41, 5.74) is 1.15. The average molecular weight is 368 g/mol. The highest BCUT2D eigenvalue weighted by atomic mass is 16.4. The lowest BCUT2D eigenvalue weighted by Crippen LogP contribution is -2.34. The zero-order chi connectivity index (χ0) is 18.5. The summed E-state index contributed by atoms with van der Waals surface area (Å²) in [5.74, 6) is 0.740. The van der Waals surface area contributed by atoms with Crippen LogP contribution in [0.25, 0.3) is 0 Å². The van der Waals surface area contributed by atoms with E-state index in [1.54, 1.807) is 0 Å². The Morgan fingerprint density at radius 1 is 1.07 bits per heavy atom. The van der Waals surface area contributed by atoms with Crippen molar-refractivity contribution in [2.24, 2.45) is 5.92 Å². The van der Waals surface area contributed by atoms with Crippen LogP contribution in [0.2, 0.25) is 0 Å². The molecule has 1 aliphatic heterocycles. The van der Waals surface area contributed by atoms with Gasteiger partial charge in [0.25, 0.3) is 0 Å². The van der Waals surface area contributed by atoms with Gasteiger partial charge >= 0.3 is 6.01 Å². The summed E-state index contributed by atoms with van der Waals surface area (Å²) in [6.07, 6.45) is 8.46. The smallest absolute Gasteiger partial charge is 0.318 e. The average Bonchev–Trinajstić information content (AvgIpc) is 3.41. The first-order chi connectivity index (χ1) is 13.3. The van der Waals surface area contributed by atoms with Gasteiger partial charge in [0, 0.05) is 25.4 Å². The normalized spacial score (nSPS) is 19.2. The van der Waals surface area contributed by atoms with E-state index in [4.69, 9.17) is 4.42 Å². The van der Waals surface area contributed by atoms with Gasteiger partial charge < -0.3 is 14.6 Å². The lowest BCUT2D eigenvalue weighted by molar-refractivity contribution is -0.125. The third-order valence-electron chi connectivity index (χ3n) is 5.68. The lowest BCUT2D eigenvalue weighted by atomic mass is 10.0. The van der Waals surface area contributed by atoms with Gasteiger partial charge in [0.2, 0.25) is 11.8 Å². The molecule has 1 amide bonds. The summed E-state index contributed by atoms with van der Waals surface area (Å²) >= 11 is 0. The van der Waals surface area contributed by atoms with Crippen molar-refractivity contribution >= 4 is 11.9 Å². The summed E-state index contributed by atoms with van der Waals surface area (Å²) in [6.45, 7) is 1.92. The van der Waals surface area contributed by atoms with Gasteiger partial charge in [-0.3, -0.25) is 4.79 Å². The van der Waals surface area contributed by atoms with Crippen LogP contribution < -0.4 is 10.2 Å². The number of amides is 1. The van der Waals surface area contributed by atoms with Crippen LogP contribution in [-0.4, -0.2) is 29.2 Å². The molecule has 1 saturated carbocycles. The molecule has 1 aliphatic carbocycles. The molecule has 1 saturated heterocycles. The van der Waals surface area contributed by atoms with Gasteiger partial charge in [0.1, 0.15) is 6.04 Å². The van der Waals surface area contributed by atoms with Crippen molar-refractivity contribution in [3.63, 3.8) is 0 Å². The first-order valence-corrected chi connectivity index (χ1v) is 10.2. The zero-order valence-electron chi connectivity index (χ0n) is 15.8. The number of rotatable bonds is 6. The molecule has 0 spiro atoms. The van der Waals surface area contributed by atoms with E-state index in [0.29, 0.717) is 18.3 Å². The molecule has 6 nitrogen and oxygen atoms in total. The number of anilines is 1. The molecule has 1 N–H and O–H groups in total. The highest BCUT2D eigenvalue weighted by molar-refractivity contribution is 5.79. The maximum Gasteiger partial charge on any atom is 0.318 e. The molecule has 4 rings (SSSR count). The number of nitrogens with one attached hydrogen (secondary N) is 1. The van der Waals surface area contributed by atoms with Gasteiger partial charge in [-0.25, -0.2) is 0 Å². The standard InChI is InChI=1S/C21H28N4O2/c26-19(17-11-5-6-12-17)22-18(15-16-9-3-1-4-10-16)20-23-24-21(27-20)25-13-7-2-8-14-25/h1,3-4,9-10,17-18H,2,5-8,11-15H2,(H,22,26)/t18-/m1/s1. The molecule has 27 heavy (non-hydrogen) atoms. The highest BCUT2D eigenvalue weighted by Gasteiger charge is 2.28. The molecule has 6 heteroatoms. The Morgan fingerprint density at radius 2 is 1.81 bits per heavy atom. The number of benzene rings is 1. The first kappa shape index (κ1) is 18.0. The Kier molecular flexibility index (Phi) is 5.70. The Bertz CT molecular complexity index is 734. The van der Waals surface area contributed by atoms with Crippen LogP contribution in [0.5, 0.6) is 0 Å². The van der Waals surface area contributed by atoms with Crippen molar-refractivity contribution in [3.8, 4) is 0 Å². The van der Waals surface area contributed by atoms with E-state index in [9.17, 15) is 4.79 Å². The minimum absolute atomic E-state index is 0.117. The molecule has 0 radical (unpaired) electrons. The van der Waals surface area contributed by atoms with Crippen molar-refractivity contribution < 1.29 is 9.21 Å². The molecule has 144 valence electrons. The Hall–Kier alpha value is -2.37. The minimum atomic E-state index is -0.286. The first-order valence-electron chi connectivity index (χ1n) is 10.2. The van der Waals surface area contributed by atoms with E-state index in [2.05, 4.69) is 32.5 Å². The fourth-order valence-corrected chi connectivity index (χ4v) is 4.11. The number of hydrogen-bond acceptors (Lipinski definition) is 5. The lowest BCUT2D eigenvalue weighted by Gasteiger charge is -2.24. The second-order valence-corrected chi connectivity index (χ2v) is 7.70. The third-order valence-corrected chi connectivity index (χ3v) is 5.68. The summed E-state index contributed by atoms with van der Waals surface area (Å²) in [5, 5.41) is 11.7. The number of aromatic nitrogens is 2. The van der Waals surface area contributed by atoms with E-state index in [0.717, 1.165) is 57.2 Å². The van der Waals surface area contributed by atoms with Gasteiger partial charge in [0.15, 0.2) is 0 Å². The Balaban J connectivity index is 1.51. The van der Waals surface area contributed by atoms with Crippen LogP contribution in [0.3, 0.4) is 0 Å². The number of piperidine rings is 1. The molecule has 0 bridgehead atoms. The molecular formula is C21H28N4O2. The van der Waals surface area contributed by atoms with E-state index < -0.39 is 0 Å². The molecule has 1 atom stereocenters. The largest absolute Gasteiger partial charge is 0.406 e. The fraction of sp³-hybridized carbons (Fsp3) is 0.571. The van der Waals surface area contributed by atoms with Crippen molar-refractivity contribution in [3.05, 3.63) is 41.8 Å². The third kappa shape index (κ3) is 4.49. The number of carbonyl (C=O) groups excluding carboxylic acids is 1. The van der Waals surface area contributed by atoms with Crippen molar-refractivity contribution in [1.82, 2.24) is 15.5 Å². The predicted octanol–water partition coefficient (Wildman–Crippen LogP) is 3.65. The van der Waals surface area contributed by atoms with Crippen LogP contribution in [0.1, 0.15) is 62.4 Å². The monoisotopic (exact) mass is 368 g/mol. The van der Waals surface area contributed by atoms with E-state index in [1.165, 1.54) is 6.42 Å². The Morgan fingerprint density at radius 3 is 2.56 bits per heavy atom. The molecular weight excluding hydrogens is 340 g/mol. The summed E-state index contributed by atoms with van der Waals surface area (Å²) in [7, 11) is 0. The summed E-state index contributed by atoms with van der Waals surface area (Å²) in [4.78, 5) is 14.9. The van der Waals surface area contributed by atoms with Gasteiger partial charge in [-0.1, -0.05) is 48.3 Å². The molecule has 0 unspecified atom stereocenters. The molecule has 2 aromatic rings. The zero-order valence-corrected chi connectivity index (χ0v) is 15.8. The second kappa shape index (κ2) is 8.55. The maximum absolute atomic E-state index is 12.7. The number of nitrogens with zero attached hydrogens (tertiary/aromatic N) is 3. The van der Waals surface area contributed by atoms with Gasteiger partial charge in [-0.15, -0.1) is 5.10 Å². The Labute approximate surface area is 160 Å². The fourth-order valence-electron chi connectivity index (χ4n) is 4.11. The molecule has 2 heterocycles. The topological polar surface area (TPSA) is 71.3 Å². The molecule has 1 aromatic carbocycles.